The fourth-order valence-corrected chi connectivity index (χ4v) is 4.57. The summed E-state index contributed by atoms with van der Waals surface area (Å²) < 4.78 is 0. The number of anilines is 1. The van der Waals surface area contributed by atoms with Crippen LogP contribution >= 0.6 is 0 Å². The molecule has 6 heteroatoms. The van der Waals surface area contributed by atoms with Gasteiger partial charge in [0.25, 0.3) is 5.91 Å². The molecule has 2 aromatic carbocycles. The van der Waals surface area contributed by atoms with Crippen LogP contribution in [0.15, 0.2) is 73.1 Å². The SMILES string of the molecule is Cc1nc([C@@H]2CCCN(Cc3cccc4cccnc34)C2)ncc1C(=O)Nc1ccccc1. The molecule has 1 aliphatic heterocycles. The van der Waals surface area contributed by atoms with E-state index in [0.29, 0.717) is 11.3 Å². The highest BCUT2D eigenvalue weighted by Gasteiger charge is 2.25. The van der Waals surface area contributed by atoms with Gasteiger partial charge < -0.3 is 5.32 Å². The average molecular weight is 438 g/mol. The van der Waals surface area contributed by atoms with Crippen LogP contribution in [0.1, 0.15) is 46.2 Å². The van der Waals surface area contributed by atoms with Crippen molar-refractivity contribution in [2.45, 2.75) is 32.2 Å². The van der Waals surface area contributed by atoms with Gasteiger partial charge in [0.15, 0.2) is 0 Å². The third-order valence-corrected chi connectivity index (χ3v) is 6.26. The lowest BCUT2D eigenvalue weighted by molar-refractivity contribution is 0.102. The predicted molar refractivity (Wildman–Crippen MR) is 130 cm³/mol. The van der Waals surface area contributed by atoms with E-state index in [1.54, 1.807) is 6.20 Å². The third-order valence-electron chi connectivity index (χ3n) is 6.26. The number of aryl methyl sites for hydroxylation is 1. The van der Waals surface area contributed by atoms with Crippen molar-refractivity contribution in [2.75, 3.05) is 18.4 Å². The van der Waals surface area contributed by atoms with Gasteiger partial charge in [0.1, 0.15) is 5.82 Å². The van der Waals surface area contributed by atoms with Gasteiger partial charge in [0, 0.05) is 42.5 Å². The molecule has 1 fully saturated rings. The van der Waals surface area contributed by atoms with Crippen molar-refractivity contribution in [3.8, 4) is 0 Å². The standard InChI is InChI=1S/C27H27N5O/c1-19-24(27(33)31-23-12-3-2-4-13-23)16-29-26(30-19)22-11-7-15-32(18-22)17-21-9-5-8-20-10-6-14-28-25(20)21/h2-6,8-10,12-14,16,22H,7,11,15,17-18H2,1H3,(H,31,33)/t22-/m1/s1. The van der Waals surface area contributed by atoms with Crippen LogP contribution in [0.5, 0.6) is 0 Å². The minimum Gasteiger partial charge on any atom is -0.322 e. The molecule has 1 amide bonds. The number of para-hydroxylation sites is 2. The normalized spacial score (nSPS) is 16.6. The number of piperidine rings is 1. The molecular weight excluding hydrogens is 410 g/mol. The number of likely N-dealkylation sites (tertiary alicyclic amines) is 1. The zero-order valence-electron chi connectivity index (χ0n) is 18.7. The molecule has 0 saturated carbocycles. The van der Waals surface area contributed by atoms with Crippen molar-refractivity contribution in [1.29, 1.82) is 0 Å². The molecule has 1 saturated heterocycles. The number of benzene rings is 2. The maximum Gasteiger partial charge on any atom is 0.259 e. The number of aromatic nitrogens is 3. The molecule has 0 unspecified atom stereocenters. The highest BCUT2D eigenvalue weighted by atomic mass is 16.1. The molecule has 0 spiro atoms. The Hall–Kier alpha value is -3.64. The number of rotatable bonds is 5. The zero-order valence-corrected chi connectivity index (χ0v) is 18.7. The van der Waals surface area contributed by atoms with Crippen molar-refractivity contribution in [1.82, 2.24) is 19.9 Å². The fraction of sp³-hybridized carbons (Fsp3) is 0.259. The Morgan fingerprint density at radius 2 is 1.91 bits per heavy atom. The van der Waals surface area contributed by atoms with Gasteiger partial charge in [-0.3, -0.25) is 14.7 Å². The van der Waals surface area contributed by atoms with Crippen LogP contribution in [0.3, 0.4) is 0 Å². The smallest absolute Gasteiger partial charge is 0.259 e. The second-order valence-electron chi connectivity index (χ2n) is 8.61. The maximum atomic E-state index is 12.7. The Morgan fingerprint density at radius 3 is 2.76 bits per heavy atom. The Balaban J connectivity index is 1.29. The van der Waals surface area contributed by atoms with Crippen LogP contribution in [0.25, 0.3) is 10.9 Å². The number of fused-ring (bicyclic) bond motifs is 1. The Bertz CT molecular complexity index is 1270. The molecule has 3 heterocycles. The first-order valence-electron chi connectivity index (χ1n) is 11.4. The predicted octanol–water partition coefficient (Wildman–Crippen LogP) is 4.97. The number of carbonyl (C=O) groups is 1. The van der Waals surface area contributed by atoms with Gasteiger partial charge >= 0.3 is 0 Å². The topological polar surface area (TPSA) is 71.0 Å². The summed E-state index contributed by atoms with van der Waals surface area (Å²) in [6, 6.07) is 19.9. The number of carbonyl (C=O) groups excluding carboxylic acids is 1. The molecule has 166 valence electrons. The quantitative estimate of drug-likeness (QED) is 0.478. The van der Waals surface area contributed by atoms with E-state index < -0.39 is 0 Å². The maximum absolute atomic E-state index is 12.7. The zero-order chi connectivity index (χ0) is 22.6. The molecule has 0 bridgehead atoms. The Morgan fingerprint density at radius 1 is 1.06 bits per heavy atom. The number of amides is 1. The minimum absolute atomic E-state index is 0.182. The van der Waals surface area contributed by atoms with Crippen molar-refractivity contribution < 1.29 is 4.79 Å². The third kappa shape index (κ3) is 4.76. The van der Waals surface area contributed by atoms with Gasteiger partial charge in [-0.05, 0) is 50.1 Å². The molecule has 6 nitrogen and oxygen atoms in total. The summed E-state index contributed by atoms with van der Waals surface area (Å²) in [5, 5.41) is 4.09. The molecule has 1 aliphatic rings. The molecule has 5 rings (SSSR count). The lowest BCUT2D eigenvalue weighted by Crippen LogP contribution is -2.34. The first kappa shape index (κ1) is 21.2. The van der Waals surface area contributed by atoms with Crippen molar-refractivity contribution in [3.05, 3.63) is 95.7 Å². The largest absolute Gasteiger partial charge is 0.322 e. The molecule has 4 aromatic rings. The van der Waals surface area contributed by atoms with E-state index in [-0.39, 0.29) is 11.8 Å². The van der Waals surface area contributed by atoms with E-state index in [1.807, 2.05) is 49.5 Å². The van der Waals surface area contributed by atoms with Crippen molar-refractivity contribution >= 4 is 22.5 Å². The van der Waals surface area contributed by atoms with Crippen LogP contribution < -0.4 is 5.32 Å². The van der Waals surface area contributed by atoms with Crippen LogP contribution in [0.2, 0.25) is 0 Å². The van der Waals surface area contributed by atoms with E-state index in [2.05, 4.69) is 44.5 Å². The first-order chi connectivity index (χ1) is 16.2. The Kier molecular flexibility index (Phi) is 6.09. The van der Waals surface area contributed by atoms with E-state index >= 15 is 0 Å². The average Bonchev–Trinajstić information content (AvgIpc) is 2.85. The number of nitrogens with one attached hydrogen (secondary N) is 1. The lowest BCUT2D eigenvalue weighted by atomic mass is 9.96. The Labute approximate surface area is 193 Å². The molecule has 1 N–H and O–H groups in total. The number of pyridine rings is 1. The summed E-state index contributed by atoms with van der Waals surface area (Å²) in [6.07, 6.45) is 5.68. The second kappa shape index (κ2) is 9.46. The number of nitrogens with zero attached hydrogens (tertiary/aromatic N) is 4. The minimum atomic E-state index is -0.182. The summed E-state index contributed by atoms with van der Waals surface area (Å²) in [6.45, 7) is 4.70. The summed E-state index contributed by atoms with van der Waals surface area (Å²) >= 11 is 0. The lowest BCUT2D eigenvalue weighted by Gasteiger charge is -2.32. The fourth-order valence-electron chi connectivity index (χ4n) is 4.57. The van der Waals surface area contributed by atoms with Crippen LogP contribution in [-0.2, 0) is 6.54 Å². The molecule has 0 aliphatic carbocycles. The number of hydrogen-bond acceptors (Lipinski definition) is 5. The number of hydrogen-bond donors (Lipinski definition) is 1. The summed E-state index contributed by atoms with van der Waals surface area (Å²) in [5.41, 5.74) is 4.31. The molecular formula is C27H27N5O. The second-order valence-corrected chi connectivity index (χ2v) is 8.61. The highest BCUT2D eigenvalue weighted by molar-refractivity contribution is 6.04. The van der Waals surface area contributed by atoms with Crippen molar-refractivity contribution in [3.63, 3.8) is 0 Å². The summed E-state index contributed by atoms with van der Waals surface area (Å²) in [5.74, 6) is 0.898. The van der Waals surface area contributed by atoms with Gasteiger partial charge in [-0.2, -0.15) is 0 Å². The van der Waals surface area contributed by atoms with Gasteiger partial charge in [0.2, 0.25) is 0 Å². The van der Waals surface area contributed by atoms with E-state index in [9.17, 15) is 4.79 Å². The molecule has 2 aromatic heterocycles. The van der Waals surface area contributed by atoms with E-state index in [1.165, 1.54) is 10.9 Å². The van der Waals surface area contributed by atoms with Gasteiger partial charge in [-0.1, -0.05) is 42.5 Å². The van der Waals surface area contributed by atoms with E-state index in [4.69, 9.17) is 4.98 Å². The monoisotopic (exact) mass is 437 g/mol. The molecule has 1 atom stereocenters. The van der Waals surface area contributed by atoms with Crippen LogP contribution in [-0.4, -0.2) is 38.8 Å². The van der Waals surface area contributed by atoms with Gasteiger partial charge in [-0.15, -0.1) is 0 Å². The summed E-state index contributed by atoms with van der Waals surface area (Å²) in [4.78, 5) is 29.1. The van der Waals surface area contributed by atoms with Crippen molar-refractivity contribution in [2.24, 2.45) is 0 Å². The van der Waals surface area contributed by atoms with Crippen LogP contribution in [0, 0.1) is 6.92 Å². The summed E-state index contributed by atoms with van der Waals surface area (Å²) in [7, 11) is 0. The first-order valence-corrected chi connectivity index (χ1v) is 11.4. The van der Waals surface area contributed by atoms with Gasteiger partial charge in [-0.25, -0.2) is 9.97 Å². The van der Waals surface area contributed by atoms with Crippen LogP contribution in [0.4, 0.5) is 5.69 Å². The molecule has 0 radical (unpaired) electrons. The van der Waals surface area contributed by atoms with Gasteiger partial charge in [0.05, 0.1) is 16.8 Å². The highest BCUT2D eigenvalue weighted by Crippen LogP contribution is 2.27. The molecule has 33 heavy (non-hydrogen) atoms. The van der Waals surface area contributed by atoms with E-state index in [0.717, 1.165) is 49.5 Å².